The lowest BCUT2D eigenvalue weighted by Crippen LogP contribution is -2.23. The van der Waals surface area contributed by atoms with Gasteiger partial charge in [0.2, 0.25) is 11.8 Å². The van der Waals surface area contributed by atoms with Crippen molar-refractivity contribution in [3.8, 4) is 5.75 Å². The van der Waals surface area contributed by atoms with E-state index in [2.05, 4.69) is 10.6 Å². The second-order valence-corrected chi connectivity index (χ2v) is 5.88. The number of carbonyl (C=O) groups is 2. The first-order valence-electron chi connectivity index (χ1n) is 7.91. The quantitative estimate of drug-likeness (QED) is 0.847. The lowest BCUT2D eigenvalue weighted by atomic mass is 10.1. The van der Waals surface area contributed by atoms with E-state index in [1.54, 1.807) is 32.2 Å². The summed E-state index contributed by atoms with van der Waals surface area (Å²) in [5, 5.41) is 6.00. The summed E-state index contributed by atoms with van der Waals surface area (Å²) in [7, 11) is 5.05. The third-order valence-electron chi connectivity index (χ3n) is 3.61. The van der Waals surface area contributed by atoms with Gasteiger partial charge in [0.05, 0.1) is 19.2 Å². The largest absolute Gasteiger partial charge is 0.494 e. The van der Waals surface area contributed by atoms with Gasteiger partial charge in [-0.2, -0.15) is 0 Å². The Morgan fingerprint density at radius 1 is 1.04 bits per heavy atom. The van der Waals surface area contributed by atoms with Crippen LogP contribution in [0.3, 0.4) is 0 Å². The van der Waals surface area contributed by atoms with Gasteiger partial charge < -0.3 is 20.3 Å². The predicted octanol–water partition coefficient (Wildman–Crippen LogP) is 3.03. The number of anilines is 3. The smallest absolute Gasteiger partial charge is 0.226 e. The first-order valence-corrected chi connectivity index (χ1v) is 7.91. The van der Waals surface area contributed by atoms with Gasteiger partial charge in [0.25, 0.3) is 0 Å². The van der Waals surface area contributed by atoms with E-state index in [1.807, 2.05) is 36.4 Å². The third-order valence-corrected chi connectivity index (χ3v) is 3.61. The van der Waals surface area contributed by atoms with Crippen LogP contribution in [0.5, 0.6) is 5.75 Å². The average Bonchev–Trinajstić information content (AvgIpc) is 2.57. The summed E-state index contributed by atoms with van der Waals surface area (Å²) in [4.78, 5) is 24.5. The van der Waals surface area contributed by atoms with Crippen LogP contribution in [-0.2, 0) is 16.0 Å². The summed E-state index contributed by atoms with van der Waals surface area (Å²) in [6.07, 6.45) is 0.381. The molecule has 2 N–H and O–H groups in total. The van der Waals surface area contributed by atoms with Crippen LogP contribution in [0.1, 0.15) is 12.5 Å². The number of rotatable bonds is 6. The molecule has 0 aliphatic heterocycles. The highest BCUT2D eigenvalue weighted by Gasteiger charge is 2.07. The SMILES string of the molecule is COc1cc(Nc2ccc(CC(=O)N(C)C)cc2)ccc1NC(C)=O. The molecule has 6 nitrogen and oxygen atoms in total. The zero-order chi connectivity index (χ0) is 18.4. The molecule has 0 aliphatic rings. The van der Waals surface area contributed by atoms with Crippen LogP contribution < -0.4 is 15.4 Å². The molecule has 2 amide bonds. The Morgan fingerprint density at radius 3 is 2.24 bits per heavy atom. The lowest BCUT2D eigenvalue weighted by molar-refractivity contribution is -0.128. The fourth-order valence-electron chi connectivity index (χ4n) is 2.27. The minimum Gasteiger partial charge on any atom is -0.494 e. The standard InChI is InChI=1S/C19H23N3O3/c1-13(23)20-17-10-9-16(12-18(17)25-4)21-15-7-5-14(6-8-15)11-19(24)22(2)3/h5-10,12,21H,11H2,1-4H3,(H,20,23). The van der Waals surface area contributed by atoms with E-state index in [0.717, 1.165) is 16.9 Å². The summed E-state index contributed by atoms with van der Waals surface area (Å²) >= 11 is 0. The fourth-order valence-corrected chi connectivity index (χ4v) is 2.27. The van der Waals surface area contributed by atoms with Crippen LogP contribution in [0, 0.1) is 0 Å². The highest BCUT2D eigenvalue weighted by Crippen LogP contribution is 2.29. The van der Waals surface area contributed by atoms with Gasteiger partial charge >= 0.3 is 0 Å². The van der Waals surface area contributed by atoms with Crippen molar-refractivity contribution in [1.82, 2.24) is 4.90 Å². The minimum atomic E-state index is -0.151. The molecule has 0 radical (unpaired) electrons. The van der Waals surface area contributed by atoms with Crippen LogP contribution in [0.15, 0.2) is 42.5 Å². The normalized spacial score (nSPS) is 10.1. The van der Waals surface area contributed by atoms with Crippen molar-refractivity contribution >= 4 is 28.9 Å². The number of likely N-dealkylation sites (N-methyl/N-ethyl adjacent to an activating group) is 1. The molecule has 0 aliphatic carbocycles. The van der Waals surface area contributed by atoms with Crippen molar-refractivity contribution in [1.29, 1.82) is 0 Å². The second kappa shape index (κ2) is 8.19. The topological polar surface area (TPSA) is 70.7 Å². The predicted molar refractivity (Wildman–Crippen MR) is 99.4 cm³/mol. The Morgan fingerprint density at radius 2 is 1.68 bits per heavy atom. The molecule has 2 aromatic rings. The van der Waals surface area contributed by atoms with Crippen molar-refractivity contribution in [3.05, 3.63) is 48.0 Å². The molecule has 2 aromatic carbocycles. The Labute approximate surface area is 147 Å². The van der Waals surface area contributed by atoms with Gasteiger partial charge in [-0.25, -0.2) is 0 Å². The highest BCUT2D eigenvalue weighted by atomic mass is 16.5. The number of hydrogen-bond donors (Lipinski definition) is 2. The third kappa shape index (κ3) is 5.24. The van der Waals surface area contributed by atoms with E-state index in [0.29, 0.717) is 17.9 Å². The van der Waals surface area contributed by atoms with Crippen LogP contribution in [0.25, 0.3) is 0 Å². The van der Waals surface area contributed by atoms with E-state index < -0.39 is 0 Å². The van der Waals surface area contributed by atoms with Gasteiger partial charge in [-0.1, -0.05) is 12.1 Å². The van der Waals surface area contributed by atoms with Gasteiger partial charge in [0.15, 0.2) is 0 Å². The molecule has 6 heteroatoms. The Bertz CT molecular complexity index is 755. The highest BCUT2D eigenvalue weighted by molar-refractivity contribution is 5.91. The van der Waals surface area contributed by atoms with Gasteiger partial charge in [-0.3, -0.25) is 9.59 Å². The second-order valence-electron chi connectivity index (χ2n) is 5.88. The molecule has 0 spiro atoms. The molecular weight excluding hydrogens is 318 g/mol. The minimum absolute atomic E-state index is 0.0685. The van der Waals surface area contributed by atoms with Crippen molar-refractivity contribution in [2.75, 3.05) is 31.8 Å². The number of carbonyl (C=O) groups excluding carboxylic acids is 2. The number of amides is 2. The molecule has 0 saturated heterocycles. The van der Waals surface area contributed by atoms with Gasteiger partial charge in [0.1, 0.15) is 5.75 Å². The molecule has 0 aromatic heterocycles. The summed E-state index contributed by atoms with van der Waals surface area (Å²) in [5.74, 6) is 0.495. The van der Waals surface area contributed by atoms with Gasteiger partial charge in [0, 0.05) is 38.5 Å². The number of methoxy groups -OCH3 is 1. The monoisotopic (exact) mass is 341 g/mol. The van der Waals surface area contributed by atoms with Crippen molar-refractivity contribution in [2.24, 2.45) is 0 Å². The maximum Gasteiger partial charge on any atom is 0.226 e. The van der Waals surface area contributed by atoms with Crippen LogP contribution >= 0.6 is 0 Å². The number of benzene rings is 2. The Kier molecular flexibility index (Phi) is 6.00. The summed E-state index contributed by atoms with van der Waals surface area (Å²) in [6.45, 7) is 1.45. The molecule has 25 heavy (non-hydrogen) atoms. The Hall–Kier alpha value is -3.02. The molecular formula is C19H23N3O3. The van der Waals surface area contributed by atoms with Crippen molar-refractivity contribution in [3.63, 3.8) is 0 Å². The lowest BCUT2D eigenvalue weighted by Gasteiger charge is -2.13. The first kappa shape index (κ1) is 18.3. The zero-order valence-corrected chi connectivity index (χ0v) is 14.9. The average molecular weight is 341 g/mol. The van der Waals surface area contributed by atoms with Crippen molar-refractivity contribution in [2.45, 2.75) is 13.3 Å². The summed E-state index contributed by atoms with van der Waals surface area (Å²) in [5.41, 5.74) is 3.32. The van der Waals surface area contributed by atoms with Crippen molar-refractivity contribution < 1.29 is 14.3 Å². The van der Waals surface area contributed by atoms with Gasteiger partial charge in [-0.15, -0.1) is 0 Å². The molecule has 132 valence electrons. The number of nitrogens with one attached hydrogen (secondary N) is 2. The number of nitrogens with zero attached hydrogens (tertiary/aromatic N) is 1. The van der Waals surface area contributed by atoms with Crippen LogP contribution in [0.2, 0.25) is 0 Å². The fraction of sp³-hybridized carbons (Fsp3) is 0.263. The Balaban J connectivity index is 2.09. The van der Waals surface area contributed by atoms with E-state index in [-0.39, 0.29) is 11.8 Å². The van der Waals surface area contributed by atoms with Crippen LogP contribution in [0.4, 0.5) is 17.1 Å². The zero-order valence-electron chi connectivity index (χ0n) is 14.9. The molecule has 0 saturated carbocycles. The molecule has 0 heterocycles. The van der Waals surface area contributed by atoms with Gasteiger partial charge in [-0.05, 0) is 29.8 Å². The number of ether oxygens (including phenoxy) is 1. The first-order chi connectivity index (χ1) is 11.9. The summed E-state index contributed by atoms with van der Waals surface area (Å²) in [6, 6.07) is 13.1. The number of hydrogen-bond acceptors (Lipinski definition) is 4. The van der Waals surface area contributed by atoms with E-state index >= 15 is 0 Å². The van der Waals surface area contributed by atoms with E-state index in [4.69, 9.17) is 4.74 Å². The maximum absolute atomic E-state index is 11.7. The molecule has 0 bridgehead atoms. The molecule has 0 fully saturated rings. The summed E-state index contributed by atoms with van der Waals surface area (Å²) < 4.78 is 5.31. The molecule has 0 unspecified atom stereocenters. The molecule has 0 atom stereocenters. The molecule has 2 rings (SSSR count). The maximum atomic E-state index is 11.7. The van der Waals surface area contributed by atoms with E-state index in [1.165, 1.54) is 6.92 Å². The van der Waals surface area contributed by atoms with E-state index in [9.17, 15) is 9.59 Å². The van der Waals surface area contributed by atoms with Crippen LogP contribution in [-0.4, -0.2) is 37.9 Å².